The number of aryl methyl sites for hydroxylation is 1. The summed E-state index contributed by atoms with van der Waals surface area (Å²) in [4.78, 5) is 17.8. The number of rotatable bonds is 3. The van der Waals surface area contributed by atoms with Crippen molar-refractivity contribution in [3.05, 3.63) is 53.7 Å². The van der Waals surface area contributed by atoms with E-state index in [1.165, 1.54) is 5.56 Å². The molecule has 1 heterocycles. The molecule has 19 heavy (non-hydrogen) atoms. The van der Waals surface area contributed by atoms with Gasteiger partial charge >= 0.3 is 0 Å². The fourth-order valence-corrected chi connectivity index (χ4v) is 1.79. The average Bonchev–Trinajstić information content (AvgIpc) is 2.46. The lowest BCUT2D eigenvalue weighted by Gasteiger charge is -2.17. The van der Waals surface area contributed by atoms with Gasteiger partial charge < -0.3 is 10.6 Å². The maximum atomic E-state index is 12.3. The van der Waals surface area contributed by atoms with Gasteiger partial charge in [-0.25, -0.2) is 4.98 Å². The Morgan fingerprint density at radius 3 is 2.42 bits per heavy atom. The van der Waals surface area contributed by atoms with Crippen LogP contribution in [0, 0.1) is 0 Å². The molecule has 0 aliphatic rings. The first-order chi connectivity index (χ1) is 9.11. The molecule has 1 amide bonds. The smallest absolute Gasteiger partial charge is 0.258 e. The van der Waals surface area contributed by atoms with Crippen LogP contribution in [0.5, 0.6) is 0 Å². The molecule has 1 aromatic carbocycles. The molecule has 1 aromatic heterocycles. The molecule has 2 rings (SSSR count). The van der Waals surface area contributed by atoms with Crippen molar-refractivity contribution in [3.63, 3.8) is 0 Å². The van der Waals surface area contributed by atoms with E-state index < -0.39 is 0 Å². The zero-order chi connectivity index (χ0) is 13.8. The van der Waals surface area contributed by atoms with Crippen molar-refractivity contribution in [3.8, 4) is 0 Å². The Morgan fingerprint density at radius 2 is 1.89 bits per heavy atom. The molecule has 0 saturated heterocycles. The number of nitrogens with zero attached hydrogens (tertiary/aromatic N) is 2. The van der Waals surface area contributed by atoms with E-state index in [2.05, 4.69) is 11.9 Å². The number of hydrogen-bond acceptors (Lipinski definition) is 3. The molecule has 0 spiro atoms. The zero-order valence-electron chi connectivity index (χ0n) is 11.1. The first-order valence-corrected chi connectivity index (χ1v) is 6.20. The Hall–Kier alpha value is -2.36. The monoisotopic (exact) mass is 255 g/mol. The van der Waals surface area contributed by atoms with Crippen LogP contribution in [0.25, 0.3) is 0 Å². The Kier molecular flexibility index (Phi) is 3.80. The number of hydrogen-bond donors (Lipinski definition) is 1. The summed E-state index contributed by atoms with van der Waals surface area (Å²) < 4.78 is 0. The van der Waals surface area contributed by atoms with E-state index in [-0.39, 0.29) is 5.91 Å². The predicted molar refractivity (Wildman–Crippen MR) is 77.2 cm³/mol. The summed E-state index contributed by atoms with van der Waals surface area (Å²) in [6.07, 6.45) is 2.56. The largest absolute Gasteiger partial charge is 0.384 e. The van der Waals surface area contributed by atoms with Gasteiger partial charge in [-0.2, -0.15) is 0 Å². The van der Waals surface area contributed by atoms with Crippen molar-refractivity contribution < 1.29 is 4.79 Å². The van der Waals surface area contributed by atoms with Gasteiger partial charge in [-0.15, -0.1) is 0 Å². The maximum Gasteiger partial charge on any atom is 0.258 e. The van der Waals surface area contributed by atoms with Crippen LogP contribution in [-0.4, -0.2) is 17.9 Å². The lowest BCUT2D eigenvalue weighted by Crippen LogP contribution is -2.26. The molecular weight excluding hydrogens is 238 g/mol. The van der Waals surface area contributed by atoms with Crippen LogP contribution in [0.15, 0.2) is 42.6 Å². The minimum Gasteiger partial charge on any atom is -0.384 e. The number of nitrogen functional groups attached to an aromatic ring is 1. The third kappa shape index (κ3) is 2.91. The molecule has 0 aliphatic carbocycles. The molecule has 4 heteroatoms. The number of pyridine rings is 1. The highest BCUT2D eigenvalue weighted by molar-refractivity contribution is 6.05. The summed E-state index contributed by atoms with van der Waals surface area (Å²) in [5.41, 5.74) is 8.13. The van der Waals surface area contributed by atoms with E-state index in [1.54, 1.807) is 30.3 Å². The quantitative estimate of drug-likeness (QED) is 0.916. The van der Waals surface area contributed by atoms with Crippen molar-refractivity contribution in [2.24, 2.45) is 0 Å². The highest BCUT2D eigenvalue weighted by Gasteiger charge is 2.13. The van der Waals surface area contributed by atoms with Crippen LogP contribution in [0.3, 0.4) is 0 Å². The standard InChI is InChI=1S/C15H17N3O/c1-3-11-4-6-12(7-5-11)15(19)18(2)13-8-9-14(16)17-10-13/h4-10H,3H2,1-2H3,(H2,16,17). The molecule has 2 N–H and O–H groups in total. The number of carbonyl (C=O) groups excluding carboxylic acids is 1. The molecule has 0 aliphatic heterocycles. The molecule has 0 radical (unpaired) electrons. The summed E-state index contributed by atoms with van der Waals surface area (Å²) >= 11 is 0. The number of carbonyl (C=O) groups is 1. The first kappa shape index (κ1) is 13.1. The van der Waals surface area contributed by atoms with Gasteiger partial charge in [0.1, 0.15) is 5.82 Å². The minimum atomic E-state index is -0.0609. The second-order valence-corrected chi connectivity index (χ2v) is 4.36. The van der Waals surface area contributed by atoms with Gasteiger partial charge in [-0.3, -0.25) is 4.79 Å². The molecule has 0 atom stereocenters. The van der Waals surface area contributed by atoms with Crippen LogP contribution in [0.4, 0.5) is 11.5 Å². The molecule has 0 fully saturated rings. The van der Waals surface area contributed by atoms with Gasteiger partial charge in [0.2, 0.25) is 0 Å². The van der Waals surface area contributed by atoms with Gasteiger partial charge in [0.25, 0.3) is 5.91 Å². The van der Waals surface area contributed by atoms with E-state index in [4.69, 9.17) is 5.73 Å². The Balaban J connectivity index is 2.20. The topological polar surface area (TPSA) is 59.2 Å². The van der Waals surface area contributed by atoms with E-state index in [9.17, 15) is 4.79 Å². The highest BCUT2D eigenvalue weighted by Crippen LogP contribution is 2.16. The van der Waals surface area contributed by atoms with E-state index in [1.807, 2.05) is 24.3 Å². The second kappa shape index (κ2) is 5.52. The summed E-state index contributed by atoms with van der Waals surface area (Å²) in [7, 11) is 1.73. The van der Waals surface area contributed by atoms with Gasteiger partial charge in [0, 0.05) is 12.6 Å². The molecule has 0 saturated carbocycles. The Morgan fingerprint density at radius 1 is 1.21 bits per heavy atom. The van der Waals surface area contributed by atoms with Gasteiger partial charge in [-0.05, 0) is 36.2 Å². The average molecular weight is 255 g/mol. The summed E-state index contributed by atoms with van der Waals surface area (Å²) in [5, 5.41) is 0. The molecule has 98 valence electrons. The molecular formula is C15H17N3O. The SMILES string of the molecule is CCc1ccc(C(=O)N(C)c2ccc(N)nc2)cc1. The lowest BCUT2D eigenvalue weighted by atomic mass is 10.1. The van der Waals surface area contributed by atoms with E-state index in [0.717, 1.165) is 12.1 Å². The third-order valence-electron chi connectivity index (χ3n) is 3.07. The zero-order valence-corrected chi connectivity index (χ0v) is 11.1. The van der Waals surface area contributed by atoms with Crippen molar-refractivity contribution >= 4 is 17.4 Å². The number of benzene rings is 1. The van der Waals surface area contributed by atoms with Crippen molar-refractivity contribution in [1.29, 1.82) is 0 Å². The van der Waals surface area contributed by atoms with Crippen molar-refractivity contribution in [2.45, 2.75) is 13.3 Å². The highest BCUT2D eigenvalue weighted by atomic mass is 16.2. The van der Waals surface area contributed by atoms with Crippen LogP contribution in [0.1, 0.15) is 22.8 Å². The fraction of sp³-hybridized carbons (Fsp3) is 0.200. The first-order valence-electron chi connectivity index (χ1n) is 6.20. The third-order valence-corrected chi connectivity index (χ3v) is 3.07. The van der Waals surface area contributed by atoms with Crippen LogP contribution < -0.4 is 10.6 Å². The number of anilines is 2. The predicted octanol–water partition coefficient (Wildman–Crippen LogP) is 2.50. The van der Waals surface area contributed by atoms with Gasteiger partial charge in [0.15, 0.2) is 0 Å². The second-order valence-electron chi connectivity index (χ2n) is 4.36. The van der Waals surface area contributed by atoms with Crippen molar-refractivity contribution in [2.75, 3.05) is 17.7 Å². The number of aromatic nitrogens is 1. The van der Waals surface area contributed by atoms with Crippen LogP contribution in [-0.2, 0) is 6.42 Å². The summed E-state index contributed by atoms with van der Waals surface area (Å²) in [6, 6.07) is 11.1. The fourth-order valence-electron chi connectivity index (χ4n) is 1.79. The summed E-state index contributed by atoms with van der Waals surface area (Å²) in [5.74, 6) is 0.381. The maximum absolute atomic E-state index is 12.3. The van der Waals surface area contributed by atoms with Crippen LogP contribution in [0.2, 0.25) is 0 Å². The van der Waals surface area contributed by atoms with E-state index >= 15 is 0 Å². The van der Waals surface area contributed by atoms with E-state index in [0.29, 0.717) is 11.4 Å². The Bertz CT molecular complexity index is 561. The normalized spacial score (nSPS) is 10.2. The molecule has 0 unspecified atom stereocenters. The number of amides is 1. The van der Waals surface area contributed by atoms with Gasteiger partial charge in [0.05, 0.1) is 11.9 Å². The molecule has 0 bridgehead atoms. The molecule has 2 aromatic rings. The minimum absolute atomic E-state index is 0.0609. The number of nitrogens with two attached hydrogens (primary N) is 1. The van der Waals surface area contributed by atoms with Crippen LogP contribution >= 0.6 is 0 Å². The van der Waals surface area contributed by atoms with Crippen molar-refractivity contribution in [1.82, 2.24) is 4.98 Å². The Labute approximate surface area is 112 Å². The van der Waals surface area contributed by atoms with Gasteiger partial charge in [-0.1, -0.05) is 19.1 Å². The lowest BCUT2D eigenvalue weighted by molar-refractivity contribution is 0.0993. The molecule has 4 nitrogen and oxygen atoms in total. The summed E-state index contributed by atoms with van der Waals surface area (Å²) in [6.45, 7) is 2.09.